The zero-order valence-corrected chi connectivity index (χ0v) is 10.9. The largest absolute Gasteiger partial charge is 0.293 e. The lowest BCUT2D eigenvalue weighted by molar-refractivity contribution is 0.101. The van der Waals surface area contributed by atoms with Crippen LogP contribution in [0.4, 0.5) is 0 Å². The maximum atomic E-state index is 11.5. The minimum atomic E-state index is -3.26. The topological polar surface area (TPSA) is 77.0 Å². The van der Waals surface area contributed by atoms with Gasteiger partial charge in [0.25, 0.3) is 0 Å². The first-order valence-corrected chi connectivity index (χ1v) is 7.37. The molecule has 0 aliphatic rings. The summed E-state index contributed by atoms with van der Waals surface area (Å²) in [7, 11) is -3.26. The van der Waals surface area contributed by atoms with Gasteiger partial charge in [-0.2, -0.15) is 0 Å². The van der Waals surface area contributed by atoms with E-state index in [1.807, 2.05) is 0 Å². The quantitative estimate of drug-likeness (QED) is 0.783. The maximum Gasteiger partial charge on any atom is 0.180 e. The van der Waals surface area contributed by atoms with Crippen molar-refractivity contribution in [3.63, 3.8) is 0 Å². The van der Waals surface area contributed by atoms with Crippen molar-refractivity contribution in [3.8, 4) is 0 Å². The standard InChI is InChI=1S/C12H12N2O3S/c1-8(15)12-11(7-18(2,16)17)13-9-5-3-4-6-10(9)14-12/h3-6H,7H2,1-2H3. The van der Waals surface area contributed by atoms with E-state index in [1.54, 1.807) is 24.3 Å². The summed E-state index contributed by atoms with van der Waals surface area (Å²) in [5.74, 6) is -0.563. The van der Waals surface area contributed by atoms with E-state index in [1.165, 1.54) is 6.92 Å². The number of para-hydroxylation sites is 2. The van der Waals surface area contributed by atoms with E-state index >= 15 is 0 Å². The van der Waals surface area contributed by atoms with Gasteiger partial charge < -0.3 is 0 Å². The van der Waals surface area contributed by atoms with Gasteiger partial charge in [0.1, 0.15) is 5.69 Å². The van der Waals surface area contributed by atoms with E-state index < -0.39 is 9.84 Å². The van der Waals surface area contributed by atoms with E-state index in [9.17, 15) is 13.2 Å². The lowest BCUT2D eigenvalue weighted by atomic mass is 10.2. The third-order valence-corrected chi connectivity index (χ3v) is 3.17. The van der Waals surface area contributed by atoms with Crippen LogP contribution < -0.4 is 0 Å². The molecule has 2 aromatic rings. The second-order valence-corrected chi connectivity index (χ2v) is 6.27. The van der Waals surface area contributed by atoms with Crippen LogP contribution >= 0.6 is 0 Å². The summed E-state index contributed by atoms with van der Waals surface area (Å²) in [6.45, 7) is 1.35. The van der Waals surface area contributed by atoms with Crippen LogP contribution in [0.25, 0.3) is 11.0 Å². The van der Waals surface area contributed by atoms with Crippen molar-refractivity contribution in [2.45, 2.75) is 12.7 Å². The highest BCUT2D eigenvalue weighted by molar-refractivity contribution is 7.89. The number of rotatable bonds is 3. The molecule has 1 heterocycles. The fourth-order valence-corrected chi connectivity index (χ4v) is 2.37. The Balaban J connectivity index is 2.69. The Kier molecular flexibility index (Phi) is 3.13. The molecule has 18 heavy (non-hydrogen) atoms. The van der Waals surface area contributed by atoms with Crippen LogP contribution in [0.2, 0.25) is 0 Å². The van der Waals surface area contributed by atoms with Gasteiger partial charge in [0.15, 0.2) is 15.6 Å². The molecule has 0 radical (unpaired) electrons. The van der Waals surface area contributed by atoms with Crippen molar-refractivity contribution < 1.29 is 13.2 Å². The predicted octanol–water partition coefficient (Wildman–Crippen LogP) is 1.38. The highest BCUT2D eigenvalue weighted by Crippen LogP contribution is 2.15. The number of benzene rings is 1. The fraction of sp³-hybridized carbons (Fsp3) is 0.250. The number of ketones is 1. The molecule has 0 fully saturated rings. The van der Waals surface area contributed by atoms with Gasteiger partial charge in [0, 0.05) is 13.2 Å². The average molecular weight is 264 g/mol. The third kappa shape index (κ3) is 2.70. The summed E-state index contributed by atoms with van der Waals surface area (Å²) in [6.07, 6.45) is 1.10. The number of hydrogen-bond acceptors (Lipinski definition) is 5. The number of Topliss-reactive ketones (excluding diaryl/α,β-unsaturated/α-hetero) is 1. The highest BCUT2D eigenvalue weighted by Gasteiger charge is 2.16. The van der Waals surface area contributed by atoms with Gasteiger partial charge in [0.05, 0.1) is 22.5 Å². The molecule has 0 aliphatic carbocycles. The molecule has 94 valence electrons. The first kappa shape index (κ1) is 12.6. The molecule has 0 saturated heterocycles. The van der Waals surface area contributed by atoms with Gasteiger partial charge >= 0.3 is 0 Å². The van der Waals surface area contributed by atoms with Crippen LogP contribution in [0.15, 0.2) is 24.3 Å². The minimum Gasteiger partial charge on any atom is -0.293 e. The predicted molar refractivity (Wildman–Crippen MR) is 68.1 cm³/mol. The van der Waals surface area contributed by atoms with Crippen molar-refractivity contribution >= 4 is 26.7 Å². The van der Waals surface area contributed by atoms with Crippen LogP contribution in [0.5, 0.6) is 0 Å². The van der Waals surface area contributed by atoms with E-state index in [0.29, 0.717) is 11.0 Å². The van der Waals surface area contributed by atoms with Crippen molar-refractivity contribution in [1.29, 1.82) is 0 Å². The Labute approximate surface area is 105 Å². The first-order chi connectivity index (χ1) is 8.37. The van der Waals surface area contributed by atoms with Gasteiger partial charge in [-0.05, 0) is 12.1 Å². The van der Waals surface area contributed by atoms with Gasteiger partial charge in [-0.15, -0.1) is 0 Å². The smallest absolute Gasteiger partial charge is 0.180 e. The minimum absolute atomic E-state index is 0.124. The molecule has 1 aromatic carbocycles. The molecule has 2 rings (SSSR count). The Morgan fingerprint density at radius 2 is 1.72 bits per heavy atom. The second-order valence-electron chi connectivity index (χ2n) is 4.13. The van der Waals surface area contributed by atoms with Crippen LogP contribution in [0.3, 0.4) is 0 Å². The number of aromatic nitrogens is 2. The molecule has 5 nitrogen and oxygen atoms in total. The molecule has 0 amide bonds. The van der Waals surface area contributed by atoms with Crippen LogP contribution in [-0.2, 0) is 15.6 Å². The zero-order chi connectivity index (χ0) is 13.3. The van der Waals surface area contributed by atoms with E-state index in [-0.39, 0.29) is 22.9 Å². The van der Waals surface area contributed by atoms with Crippen LogP contribution in [-0.4, -0.2) is 30.4 Å². The molecule has 0 unspecified atom stereocenters. The van der Waals surface area contributed by atoms with Crippen molar-refractivity contribution in [3.05, 3.63) is 35.7 Å². The molecule has 0 saturated carbocycles. The van der Waals surface area contributed by atoms with Crippen LogP contribution in [0.1, 0.15) is 23.1 Å². The molecule has 0 bridgehead atoms. The number of carbonyl (C=O) groups is 1. The summed E-state index contributed by atoms with van der Waals surface area (Å²) in [5, 5.41) is 0. The molecule has 0 atom stereocenters. The van der Waals surface area contributed by atoms with E-state index in [2.05, 4.69) is 9.97 Å². The molecule has 6 heteroatoms. The Morgan fingerprint density at radius 1 is 1.17 bits per heavy atom. The van der Waals surface area contributed by atoms with Gasteiger partial charge in [-0.25, -0.2) is 18.4 Å². The summed E-state index contributed by atoms with van der Waals surface area (Å²) in [6, 6.07) is 7.04. The van der Waals surface area contributed by atoms with E-state index in [0.717, 1.165) is 6.26 Å². The number of fused-ring (bicyclic) bond motifs is 1. The van der Waals surface area contributed by atoms with Crippen LogP contribution in [0, 0.1) is 0 Å². The fourth-order valence-electron chi connectivity index (χ4n) is 1.67. The number of sulfone groups is 1. The van der Waals surface area contributed by atoms with Gasteiger partial charge in [-0.3, -0.25) is 4.79 Å². The van der Waals surface area contributed by atoms with Crippen molar-refractivity contribution in [1.82, 2.24) is 9.97 Å². The molecule has 1 aromatic heterocycles. The van der Waals surface area contributed by atoms with Gasteiger partial charge in [-0.1, -0.05) is 12.1 Å². The SMILES string of the molecule is CC(=O)c1nc2ccccc2nc1CS(C)(=O)=O. The number of hydrogen-bond donors (Lipinski definition) is 0. The Morgan fingerprint density at radius 3 is 2.22 bits per heavy atom. The summed E-state index contributed by atoms with van der Waals surface area (Å²) >= 11 is 0. The molecule has 0 spiro atoms. The molecule has 0 N–H and O–H groups in total. The lowest BCUT2D eigenvalue weighted by Crippen LogP contribution is -2.11. The molecular weight excluding hydrogens is 252 g/mol. The molecular formula is C12H12N2O3S. The van der Waals surface area contributed by atoms with Crippen molar-refractivity contribution in [2.75, 3.05) is 6.26 Å². The Hall–Kier alpha value is -1.82. The van der Waals surface area contributed by atoms with Gasteiger partial charge in [0.2, 0.25) is 0 Å². The number of nitrogens with zero attached hydrogens (tertiary/aromatic N) is 2. The highest BCUT2D eigenvalue weighted by atomic mass is 32.2. The first-order valence-electron chi connectivity index (χ1n) is 5.31. The summed E-state index contributed by atoms with van der Waals surface area (Å²) in [4.78, 5) is 19.9. The van der Waals surface area contributed by atoms with Crippen molar-refractivity contribution in [2.24, 2.45) is 0 Å². The lowest BCUT2D eigenvalue weighted by Gasteiger charge is -2.06. The average Bonchev–Trinajstić information content (AvgIpc) is 2.25. The molecule has 0 aliphatic heterocycles. The normalized spacial score (nSPS) is 11.7. The second kappa shape index (κ2) is 4.45. The maximum absolute atomic E-state index is 11.5. The number of carbonyl (C=O) groups excluding carboxylic acids is 1. The van der Waals surface area contributed by atoms with E-state index in [4.69, 9.17) is 0 Å². The Bertz CT molecular complexity index is 723. The zero-order valence-electron chi connectivity index (χ0n) is 10.0. The summed E-state index contributed by atoms with van der Waals surface area (Å²) in [5.41, 5.74) is 1.50. The third-order valence-electron chi connectivity index (χ3n) is 2.38. The summed E-state index contributed by atoms with van der Waals surface area (Å²) < 4.78 is 22.7. The monoisotopic (exact) mass is 264 g/mol.